The molecular weight excluding hydrogens is 216 g/mol. The van der Waals surface area contributed by atoms with Gasteiger partial charge >= 0.3 is 12.0 Å². The van der Waals surface area contributed by atoms with E-state index in [0.717, 1.165) is 19.3 Å². The zero-order valence-corrected chi connectivity index (χ0v) is 9.12. The molecule has 1 rings (SSSR count). The van der Waals surface area contributed by atoms with Crippen LogP contribution in [0.4, 0.5) is 4.79 Å². The standard InChI is InChI=1S/C9H16N2O5/c1-15-9(3-2-4-9)6-10-8(14)11-16-5-7(12)13/h2-6H2,1H3,(H,12,13)(H2,10,11,14). The van der Waals surface area contributed by atoms with Crippen molar-refractivity contribution >= 4 is 12.0 Å². The fourth-order valence-electron chi connectivity index (χ4n) is 1.47. The van der Waals surface area contributed by atoms with Gasteiger partial charge in [-0.25, -0.2) is 15.1 Å². The van der Waals surface area contributed by atoms with Crippen LogP contribution in [-0.4, -0.2) is 43.0 Å². The predicted molar refractivity (Wildman–Crippen MR) is 53.7 cm³/mol. The highest BCUT2D eigenvalue weighted by atomic mass is 16.7. The lowest BCUT2D eigenvalue weighted by molar-refractivity contribution is -0.144. The molecule has 7 heteroatoms. The van der Waals surface area contributed by atoms with Gasteiger partial charge in [-0.1, -0.05) is 0 Å². The van der Waals surface area contributed by atoms with Crippen LogP contribution in [0.1, 0.15) is 19.3 Å². The van der Waals surface area contributed by atoms with Crippen LogP contribution in [0, 0.1) is 0 Å². The van der Waals surface area contributed by atoms with Crippen molar-refractivity contribution in [3.8, 4) is 0 Å². The number of carboxylic acids is 1. The van der Waals surface area contributed by atoms with Gasteiger partial charge in [-0.2, -0.15) is 0 Å². The second-order valence-electron chi connectivity index (χ2n) is 3.71. The van der Waals surface area contributed by atoms with Gasteiger partial charge in [0.05, 0.1) is 5.60 Å². The van der Waals surface area contributed by atoms with Gasteiger partial charge in [0.1, 0.15) is 0 Å². The van der Waals surface area contributed by atoms with Crippen molar-refractivity contribution in [3.05, 3.63) is 0 Å². The summed E-state index contributed by atoms with van der Waals surface area (Å²) in [5.74, 6) is -1.15. The minimum absolute atomic E-state index is 0.260. The Labute approximate surface area is 93.1 Å². The third-order valence-corrected chi connectivity index (χ3v) is 2.63. The highest BCUT2D eigenvalue weighted by Crippen LogP contribution is 2.34. The Balaban J connectivity index is 2.12. The lowest BCUT2D eigenvalue weighted by Crippen LogP contribution is -2.51. The van der Waals surface area contributed by atoms with Crippen LogP contribution < -0.4 is 10.8 Å². The number of carbonyl (C=O) groups is 2. The molecule has 0 atom stereocenters. The number of hydroxylamine groups is 1. The maximum Gasteiger partial charge on any atom is 0.338 e. The Morgan fingerprint density at radius 1 is 1.44 bits per heavy atom. The molecule has 2 amide bonds. The Morgan fingerprint density at radius 3 is 2.56 bits per heavy atom. The van der Waals surface area contributed by atoms with E-state index >= 15 is 0 Å². The molecule has 0 unspecified atom stereocenters. The van der Waals surface area contributed by atoms with Crippen molar-refractivity contribution in [3.63, 3.8) is 0 Å². The Hall–Kier alpha value is -1.34. The minimum Gasteiger partial charge on any atom is -0.479 e. The van der Waals surface area contributed by atoms with E-state index in [2.05, 4.69) is 10.2 Å². The topological polar surface area (TPSA) is 96.9 Å². The molecular formula is C9H16N2O5. The van der Waals surface area contributed by atoms with Crippen molar-refractivity contribution in [2.75, 3.05) is 20.3 Å². The lowest BCUT2D eigenvalue weighted by Gasteiger charge is -2.40. The predicted octanol–water partition coefficient (Wildman–Crippen LogP) is -0.129. The number of rotatable bonds is 6. The van der Waals surface area contributed by atoms with Crippen LogP contribution in [0.3, 0.4) is 0 Å². The molecule has 0 aliphatic heterocycles. The molecule has 0 saturated heterocycles. The summed E-state index contributed by atoms with van der Waals surface area (Å²) >= 11 is 0. The van der Waals surface area contributed by atoms with Crippen molar-refractivity contribution in [2.24, 2.45) is 0 Å². The summed E-state index contributed by atoms with van der Waals surface area (Å²) in [5, 5.41) is 10.8. The van der Waals surface area contributed by atoms with Gasteiger partial charge in [-0.15, -0.1) is 0 Å². The average Bonchev–Trinajstić information content (AvgIpc) is 2.16. The minimum atomic E-state index is -1.15. The second kappa shape index (κ2) is 5.66. The van der Waals surface area contributed by atoms with Gasteiger partial charge in [0.2, 0.25) is 0 Å². The number of nitrogens with one attached hydrogen (secondary N) is 2. The number of urea groups is 1. The molecule has 0 spiro atoms. The smallest absolute Gasteiger partial charge is 0.338 e. The third-order valence-electron chi connectivity index (χ3n) is 2.63. The first-order valence-electron chi connectivity index (χ1n) is 5.00. The Kier molecular flexibility index (Phi) is 4.51. The van der Waals surface area contributed by atoms with Crippen LogP contribution in [0.25, 0.3) is 0 Å². The van der Waals surface area contributed by atoms with Crippen LogP contribution in [0.5, 0.6) is 0 Å². The fourth-order valence-corrected chi connectivity index (χ4v) is 1.47. The van der Waals surface area contributed by atoms with E-state index in [0.29, 0.717) is 6.54 Å². The van der Waals surface area contributed by atoms with Crippen LogP contribution in [0.15, 0.2) is 0 Å². The number of aliphatic carboxylic acids is 1. The van der Waals surface area contributed by atoms with Crippen LogP contribution in [-0.2, 0) is 14.4 Å². The van der Waals surface area contributed by atoms with Gasteiger partial charge in [0, 0.05) is 13.7 Å². The van der Waals surface area contributed by atoms with E-state index in [4.69, 9.17) is 9.84 Å². The molecule has 92 valence electrons. The van der Waals surface area contributed by atoms with Crippen molar-refractivity contribution < 1.29 is 24.3 Å². The first-order chi connectivity index (χ1) is 7.58. The largest absolute Gasteiger partial charge is 0.479 e. The lowest BCUT2D eigenvalue weighted by atomic mass is 9.80. The summed E-state index contributed by atoms with van der Waals surface area (Å²) < 4.78 is 5.29. The second-order valence-corrected chi connectivity index (χ2v) is 3.71. The maximum absolute atomic E-state index is 11.1. The zero-order chi connectivity index (χ0) is 12.0. The first kappa shape index (κ1) is 12.7. The molecule has 7 nitrogen and oxygen atoms in total. The molecule has 0 radical (unpaired) electrons. The number of hydrogen-bond donors (Lipinski definition) is 3. The first-order valence-corrected chi connectivity index (χ1v) is 5.00. The summed E-state index contributed by atoms with van der Waals surface area (Å²) in [4.78, 5) is 25.6. The molecule has 16 heavy (non-hydrogen) atoms. The third kappa shape index (κ3) is 3.67. The number of methoxy groups -OCH3 is 1. The van der Waals surface area contributed by atoms with E-state index in [1.165, 1.54) is 0 Å². The van der Waals surface area contributed by atoms with Gasteiger partial charge in [-0.05, 0) is 19.3 Å². The van der Waals surface area contributed by atoms with Gasteiger partial charge in [0.15, 0.2) is 6.61 Å². The van der Waals surface area contributed by atoms with Crippen LogP contribution in [0.2, 0.25) is 0 Å². The van der Waals surface area contributed by atoms with Crippen molar-refractivity contribution in [1.29, 1.82) is 0 Å². The summed E-state index contributed by atoms with van der Waals surface area (Å²) in [6.45, 7) is -0.172. The van der Waals surface area contributed by atoms with Gasteiger partial charge in [0.25, 0.3) is 0 Å². The number of amides is 2. The fraction of sp³-hybridized carbons (Fsp3) is 0.778. The molecule has 0 aromatic rings. The van der Waals surface area contributed by atoms with E-state index in [-0.39, 0.29) is 5.60 Å². The number of hydrogen-bond acceptors (Lipinski definition) is 4. The molecule has 1 saturated carbocycles. The summed E-state index contributed by atoms with van der Waals surface area (Å²) in [5.41, 5.74) is 1.71. The highest BCUT2D eigenvalue weighted by molar-refractivity contribution is 5.73. The molecule has 0 aromatic carbocycles. The molecule has 1 aliphatic rings. The summed E-state index contributed by atoms with van der Waals surface area (Å²) in [6.07, 6.45) is 2.92. The van der Waals surface area contributed by atoms with Gasteiger partial charge in [-0.3, -0.25) is 4.84 Å². The average molecular weight is 232 g/mol. The van der Waals surface area contributed by atoms with E-state index in [9.17, 15) is 9.59 Å². The molecule has 0 bridgehead atoms. The molecule has 1 aliphatic carbocycles. The van der Waals surface area contributed by atoms with Gasteiger partial charge < -0.3 is 15.2 Å². The molecule has 0 aromatic heterocycles. The van der Waals surface area contributed by atoms with Crippen LogP contribution >= 0.6 is 0 Å². The summed E-state index contributed by atoms with van der Waals surface area (Å²) in [6, 6.07) is -0.565. The SMILES string of the molecule is COC1(CNC(=O)NOCC(=O)O)CCC1. The number of carboxylic acid groups (broad SMARTS) is 1. The normalized spacial score (nSPS) is 17.3. The monoisotopic (exact) mass is 232 g/mol. The Bertz CT molecular complexity index is 259. The molecule has 0 heterocycles. The molecule has 1 fully saturated rings. The van der Waals surface area contributed by atoms with Crippen molar-refractivity contribution in [1.82, 2.24) is 10.8 Å². The number of carbonyl (C=O) groups excluding carboxylic acids is 1. The quantitative estimate of drug-likeness (QED) is 0.554. The molecule has 3 N–H and O–H groups in total. The highest BCUT2D eigenvalue weighted by Gasteiger charge is 2.37. The van der Waals surface area contributed by atoms with E-state index < -0.39 is 18.6 Å². The Morgan fingerprint density at radius 2 is 2.12 bits per heavy atom. The van der Waals surface area contributed by atoms with E-state index in [1.54, 1.807) is 7.11 Å². The van der Waals surface area contributed by atoms with Crippen molar-refractivity contribution in [2.45, 2.75) is 24.9 Å². The number of ether oxygens (including phenoxy) is 1. The maximum atomic E-state index is 11.1. The summed E-state index contributed by atoms with van der Waals surface area (Å²) in [7, 11) is 1.61. The zero-order valence-electron chi connectivity index (χ0n) is 9.12. The van der Waals surface area contributed by atoms with E-state index in [1.807, 2.05) is 5.48 Å².